The van der Waals surface area contributed by atoms with Gasteiger partial charge < -0.3 is 9.88 Å². The standard InChI is InChI=1S/C15H15FN2O2/c1-10(11-3-6-13(16)7-4-11)18(2)15(20)12-5-8-14(19)17-9-12/h3-10H,1-2H3,(H,17,19)/t10-/m0/s1. The van der Waals surface area contributed by atoms with Crippen molar-refractivity contribution in [2.75, 3.05) is 7.05 Å². The lowest BCUT2D eigenvalue weighted by molar-refractivity contribution is 0.0742. The molecule has 0 bridgehead atoms. The van der Waals surface area contributed by atoms with Crippen LogP contribution in [0.1, 0.15) is 28.9 Å². The molecule has 0 aliphatic heterocycles. The Balaban J connectivity index is 2.19. The van der Waals surface area contributed by atoms with Gasteiger partial charge in [-0.1, -0.05) is 12.1 Å². The van der Waals surface area contributed by atoms with Gasteiger partial charge in [-0.2, -0.15) is 0 Å². The molecule has 0 unspecified atom stereocenters. The lowest BCUT2D eigenvalue weighted by atomic mass is 10.1. The fraction of sp³-hybridized carbons (Fsp3) is 0.200. The molecule has 1 aromatic carbocycles. The molecule has 0 aliphatic carbocycles. The second-order valence-corrected chi connectivity index (χ2v) is 4.59. The van der Waals surface area contributed by atoms with E-state index in [4.69, 9.17) is 0 Å². The highest BCUT2D eigenvalue weighted by molar-refractivity contribution is 5.93. The smallest absolute Gasteiger partial charge is 0.255 e. The minimum Gasteiger partial charge on any atom is -0.335 e. The predicted octanol–water partition coefficient (Wildman–Crippen LogP) is 2.35. The fourth-order valence-corrected chi connectivity index (χ4v) is 1.89. The summed E-state index contributed by atoms with van der Waals surface area (Å²) in [7, 11) is 1.67. The molecular weight excluding hydrogens is 259 g/mol. The maximum absolute atomic E-state index is 12.9. The van der Waals surface area contributed by atoms with Crippen molar-refractivity contribution >= 4 is 5.91 Å². The molecule has 4 nitrogen and oxygen atoms in total. The monoisotopic (exact) mass is 274 g/mol. The summed E-state index contributed by atoms with van der Waals surface area (Å²) in [6, 6.07) is 8.62. The molecule has 0 saturated carbocycles. The first-order valence-electron chi connectivity index (χ1n) is 6.20. The zero-order valence-electron chi connectivity index (χ0n) is 11.3. The van der Waals surface area contributed by atoms with Gasteiger partial charge in [0.15, 0.2) is 0 Å². The topological polar surface area (TPSA) is 53.2 Å². The van der Waals surface area contributed by atoms with Crippen molar-refractivity contribution in [2.24, 2.45) is 0 Å². The van der Waals surface area contributed by atoms with Crippen LogP contribution in [0.2, 0.25) is 0 Å². The van der Waals surface area contributed by atoms with Crippen molar-refractivity contribution in [3.63, 3.8) is 0 Å². The molecule has 0 radical (unpaired) electrons. The highest BCUT2D eigenvalue weighted by Crippen LogP contribution is 2.20. The van der Waals surface area contributed by atoms with Gasteiger partial charge in [0.25, 0.3) is 5.91 Å². The third-order valence-electron chi connectivity index (χ3n) is 3.28. The number of nitrogens with zero attached hydrogens (tertiary/aromatic N) is 1. The lowest BCUT2D eigenvalue weighted by Crippen LogP contribution is -2.30. The maximum atomic E-state index is 12.9. The average molecular weight is 274 g/mol. The van der Waals surface area contributed by atoms with Crippen LogP contribution < -0.4 is 5.56 Å². The van der Waals surface area contributed by atoms with Gasteiger partial charge in [0, 0.05) is 19.3 Å². The van der Waals surface area contributed by atoms with Crippen LogP contribution in [0.15, 0.2) is 47.4 Å². The van der Waals surface area contributed by atoms with Crippen LogP contribution in [0.4, 0.5) is 4.39 Å². The Hall–Kier alpha value is -2.43. The number of rotatable bonds is 3. The number of halogens is 1. The van der Waals surface area contributed by atoms with Crippen LogP contribution in [0.25, 0.3) is 0 Å². The Morgan fingerprint density at radius 1 is 1.20 bits per heavy atom. The Kier molecular flexibility index (Phi) is 3.98. The number of aromatic amines is 1. The summed E-state index contributed by atoms with van der Waals surface area (Å²) < 4.78 is 12.9. The van der Waals surface area contributed by atoms with E-state index in [2.05, 4.69) is 4.98 Å². The highest BCUT2D eigenvalue weighted by Gasteiger charge is 2.18. The van der Waals surface area contributed by atoms with Gasteiger partial charge >= 0.3 is 0 Å². The molecular formula is C15H15FN2O2. The van der Waals surface area contributed by atoms with Crippen molar-refractivity contribution in [3.8, 4) is 0 Å². The van der Waals surface area contributed by atoms with E-state index in [1.807, 2.05) is 6.92 Å². The first kappa shape index (κ1) is 14.0. The number of hydrogen-bond donors (Lipinski definition) is 1. The molecule has 1 aromatic heterocycles. The summed E-state index contributed by atoms with van der Waals surface area (Å²) in [6.07, 6.45) is 1.39. The molecule has 20 heavy (non-hydrogen) atoms. The van der Waals surface area contributed by atoms with Crippen LogP contribution in [0.3, 0.4) is 0 Å². The second kappa shape index (κ2) is 5.69. The Morgan fingerprint density at radius 2 is 1.85 bits per heavy atom. The van der Waals surface area contributed by atoms with Gasteiger partial charge in [-0.3, -0.25) is 9.59 Å². The van der Waals surface area contributed by atoms with Crippen LogP contribution in [0.5, 0.6) is 0 Å². The van der Waals surface area contributed by atoms with E-state index in [0.29, 0.717) is 5.56 Å². The highest BCUT2D eigenvalue weighted by atomic mass is 19.1. The molecule has 0 saturated heterocycles. The number of hydrogen-bond acceptors (Lipinski definition) is 2. The van der Waals surface area contributed by atoms with Crippen LogP contribution in [0, 0.1) is 5.82 Å². The number of amides is 1. The summed E-state index contributed by atoms with van der Waals surface area (Å²) in [6.45, 7) is 1.86. The lowest BCUT2D eigenvalue weighted by Gasteiger charge is -2.25. The zero-order chi connectivity index (χ0) is 14.7. The number of benzene rings is 1. The average Bonchev–Trinajstić information content (AvgIpc) is 2.46. The van der Waals surface area contributed by atoms with E-state index < -0.39 is 0 Å². The van der Waals surface area contributed by atoms with Crippen molar-refractivity contribution in [1.29, 1.82) is 0 Å². The van der Waals surface area contributed by atoms with Gasteiger partial charge in [-0.25, -0.2) is 4.39 Å². The molecule has 104 valence electrons. The fourth-order valence-electron chi connectivity index (χ4n) is 1.89. The van der Waals surface area contributed by atoms with E-state index in [9.17, 15) is 14.0 Å². The number of H-pyrrole nitrogens is 1. The van der Waals surface area contributed by atoms with Crippen molar-refractivity contribution < 1.29 is 9.18 Å². The number of carbonyl (C=O) groups is 1. The first-order valence-corrected chi connectivity index (χ1v) is 6.20. The predicted molar refractivity (Wildman–Crippen MR) is 74.0 cm³/mol. The van der Waals surface area contributed by atoms with Crippen LogP contribution in [-0.2, 0) is 0 Å². The minimum atomic E-state index is -0.310. The third kappa shape index (κ3) is 2.93. The first-order chi connectivity index (χ1) is 9.49. The molecule has 2 rings (SSSR count). The SMILES string of the molecule is C[C@@H](c1ccc(F)cc1)N(C)C(=O)c1ccc(=O)[nH]c1. The molecule has 0 fully saturated rings. The Labute approximate surface area is 115 Å². The largest absolute Gasteiger partial charge is 0.335 e. The second-order valence-electron chi connectivity index (χ2n) is 4.59. The zero-order valence-corrected chi connectivity index (χ0v) is 11.3. The van der Waals surface area contributed by atoms with E-state index in [0.717, 1.165) is 5.56 Å². The molecule has 1 heterocycles. The number of aromatic nitrogens is 1. The van der Waals surface area contributed by atoms with Gasteiger partial charge in [0.2, 0.25) is 5.56 Å². The van der Waals surface area contributed by atoms with E-state index in [1.165, 1.54) is 30.5 Å². The number of carbonyl (C=O) groups excluding carboxylic acids is 1. The summed E-state index contributed by atoms with van der Waals surface area (Å²) in [5, 5.41) is 0. The van der Waals surface area contributed by atoms with Crippen molar-refractivity contribution in [1.82, 2.24) is 9.88 Å². The summed E-state index contributed by atoms with van der Waals surface area (Å²) in [5.74, 6) is -0.520. The van der Waals surface area contributed by atoms with Gasteiger partial charge in [-0.15, -0.1) is 0 Å². The molecule has 1 amide bonds. The normalized spacial score (nSPS) is 11.9. The molecule has 0 aliphatic rings. The summed E-state index contributed by atoms with van der Waals surface area (Å²) >= 11 is 0. The minimum absolute atomic E-state index is 0.199. The third-order valence-corrected chi connectivity index (χ3v) is 3.28. The van der Waals surface area contributed by atoms with Crippen LogP contribution >= 0.6 is 0 Å². The molecule has 1 N–H and O–H groups in total. The van der Waals surface area contributed by atoms with E-state index in [1.54, 1.807) is 24.1 Å². The van der Waals surface area contributed by atoms with Crippen molar-refractivity contribution in [3.05, 3.63) is 69.9 Å². The molecule has 5 heteroatoms. The summed E-state index contributed by atoms with van der Waals surface area (Å²) in [5.41, 5.74) is 0.989. The maximum Gasteiger partial charge on any atom is 0.255 e. The van der Waals surface area contributed by atoms with Gasteiger partial charge in [-0.05, 0) is 30.7 Å². The molecule has 0 spiro atoms. The van der Waals surface area contributed by atoms with E-state index >= 15 is 0 Å². The number of pyridine rings is 1. The van der Waals surface area contributed by atoms with Crippen LogP contribution in [-0.4, -0.2) is 22.8 Å². The quantitative estimate of drug-likeness (QED) is 0.934. The Bertz CT molecular complexity index is 644. The Morgan fingerprint density at radius 3 is 2.40 bits per heavy atom. The number of nitrogens with one attached hydrogen (secondary N) is 1. The van der Waals surface area contributed by atoms with Gasteiger partial charge in [0.05, 0.1) is 11.6 Å². The van der Waals surface area contributed by atoms with Crippen molar-refractivity contribution in [2.45, 2.75) is 13.0 Å². The summed E-state index contributed by atoms with van der Waals surface area (Å²) in [4.78, 5) is 27.3. The molecule has 2 aromatic rings. The van der Waals surface area contributed by atoms with Gasteiger partial charge in [0.1, 0.15) is 5.82 Å². The molecule has 1 atom stereocenters. The van der Waals surface area contributed by atoms with E-state index in [-0.39, 0.29) is 23.3 Å².